The average molecular weight is 300 g/mol. The van der Waals surface area contributed by atoms with Crippen LogP contribution in [0.2, 0.25) is 0 Å². The number of nitrogens with zero attached hydrogens (tertiary/aromatic N) is 1. The zero-order valence-electron chi connectivity index (χ0n) is 12.9. The molecule has 0 atom stereocenters. The van der Waals surface area contributed by atoms with Gasteiger partial charge in [-0.2, -0.15) is 4.31 Å². The van der Waals surface area contributed by atoms with Gasteiger partial charge >= 0.3 is 0 Å². The maximum Gasteiger partial charge on any atom is 0.243 e. The molecular formula is C14H24N2O3S. The second kappa shape index (κ2) is 6.56. The van der Waals surface area contributed by atoms with Crippen LogP contribution in [0.25, 0.3) is 0 Å². The highest BCUT2D eigenvalue weighted by Crippen LogP contribution is 2.30. The number of sulfonamides is 1. The summed E-state index contributed by atoms with van der Waals surface area (Å²) in [6.45, 7) is 8.36. The summed E-state index contributed by atoms with van der Waals surface area (Å²) in [5.74, 6) is 0. The van der Waals surface area contributed by atoms with E-state index in [0.717, 1.165) is 11.1 Å². The van der Waals surface area contributed by atoms with Crippen molar-refractivity contribution in [2.45, 2.75) is 32.6 Å². The minimum absolute atomic E-state index is 0.327. The van der Waals surface area contributed by atoms with Crippen molar-refractivity contribution >= 4 is 15.7 Å². The van der Waals surface area contributed by atoms with E-state index >= 15 is 0 Å². The van der Waals surface area contributed by atoms with E-state index in [9.17, 15) is 8.42 Å². The standard InChI is InChI=1S/C14H24N2O3S/c1-6-16(7-8-19-5)20(17,18)14-11(3)10(2)9-13(15)12(14)4/h9H,6-8,15H2,1-5H3. The fourth-order valence-electron chi connectivity index (χ4n) is 2.20. The van der Waals surface area contributed by atoms with E-state index in [0.29, 0.717) is 35.8 Å². The van der Waals surface area contributed by atoms with Crippen LogP contribution < -0.4 is 5.73 Å². The van der Waals surface area contributed by atoms with Gasteiger partial charge in [-0.05, 0) is 43.5 Å². The Bertz CT molecular complexity index is 556. The molecule has 0 bridgehead atoms. The topological polar surface area (TPSA) is 72.6 Å². The second-order valence-electron chi connectivity index (χ2n) is 4.85. The first-order valence-corrected chi connectivity index (χ1v) is 8.06. The summed E-state index contributed by atoms with van der Waals surface area (Å²) in [5, 5.41) is 0. The number of hydrogen-bond donors (Lipinski definition) is 1. The van der Waals surface area contributed by atoms with Gasteiger partial charge in [0, 0.05) is 25.9 Å². The van der Waals surface area contributed by atoms with Crippen molar-refractivity contribution in [1.82, 2.24) is 4.31 Å². The lowest BCUT2D eigenvalue weighted by Gasteiger charge is -2.23. The number of ether oxygens (including phenoxy) is 1. The van der Waals surface area contributed by atoms with Gasteiger partial charge in [0.15, 0.2) is 0 Å². The largest absolute Gasteiger partial charge is 0.398 e. The van der Waals surface area contributed by atoms with Crippen LogP contribution >= 0.6 is 0 Å². The van der Waals surface area contributed by atoms with Crippen molar-refractivity contribution in [3.63, 3.8) is 0 Å². The van der Waals surface area contributed by atoms with Gasteiger partial charge in [0.05, 0.1) is 11.5 Å². The Morgan fingerprint density at radius 3 is 2.35 bits per heavy atom. The fraction of sp³-hybridized carbons (Fsp3) is 0.571. The molecule has 114 valence electrons. The van der Waals surface area contributed by atoms with Gasteiger partial charge in [-0.3, -0.25) is 0 Å². The van der Waals surface area contributed by atoms with Gasteiger partial charge in [-0.15, -0.1) is 0 Å². The predicted octanol–water partition coefficient (Wildman–Crippen LogP) is 1.85. The van der Waals surface area contributed by atoms with Crippen LogP contribution in [0.4, 0.5) is 5.69 Å². The van der Waals surface area contributed by atoms with Crippen LogP contribution in [0.3, 0.4) is 0 Å². The van der Waals surface area contributed by atoms with Crippen molar-refractivity contribution < 1.29 is 13.2 Å². The van der Waals surface area contributed by atoms with E-state index in [4.69, 9.17) is 10.5 Å². The third-order valence-electron chi connectivity index (χ3n) is 3.57. The molecular weight excluding hydrogens is 276 g/mol. The number of nitrogen functional groups attached to an aromatic ring is 1. The molecule has 2 N–H and O–H groups in total. The van der Waals surface area contributed by atoms with Crippen molar-refractivity contribution in [1.29, 1.82) is 0 Å². The molecule has 0 heterocycles. The number of nitrogens with two attached hydrogens (primary N) is 1. The summed E-state index contributed by atoms with van der Waals surface area (Å²) < 4.78 is 32.1. The normalized spacial score (nSPS) is 12.1. The molecule has 0 aliphatic rings. The Morgan fingerprint density at radius 2 is 1.85 bits per heavy atom. The molecule has 1 aromatic rings. The summed E-state index contributed by atoms with van der Waals surface area (Å²) in [6.07, 6.45) is 0. The molecule has 0 aliphatic carbocycles. The number of hydrogen-bond acceptors (Lipinski definition) is 4. The van der Waals surface area contributed by atoms with Crippen LogP contribution in [-0.4, -0.2) is 39.5 Å². The van der Waals surface area contributed by atoms with Crippen LogP contribution in [0.15, 0.2) is 11.0 Å². The Hall–Kier alpha value is -1.11. The molecule has 5 nitrogen and oxygen atoms in total. The lowest BCUT2D eigenvalue weighted by atomic mass is 10.1. The lowest BCUT2D eigenvalue weighted by Crippen LogP contribution is -2.34. The first-order chi connectivity index (χ1) is 9.27. The smallest absolute Gasteiger partial charge is 0.243 e. The van der Waals surface area contributed by atoms with Crippen molar-refractivity contribution in [3.8, 4) is 0 Å². The molecule has 1 rings (SSSR count). The van der Waals surface area contributed by atoms with E-state index in [1.54, 1.807) is 14.0 Å². The Morgan fingerprint density at radius 1 is 1.25 bits per heavy atom. The fourth-order valence-corrected chi connectivity index (χ4v) is 4.16. The molecule has 20 heavy (non-hydrogen) atoms. The zero-order chi connectivity index (χ0) is 15.5. The number of benzene rings is 1. The number of aryl methyl sites for hydroxylation is 1. The van der Waals surface area contributed by atoms with Gasteiger partial charge in [0.1, 0.15) is 0 Å². The molecule has 6 heteroatoms. The number of methoxy groups -OCH3 is 1. The first kappa shape index (κ1) is 16.9. The predicted molar refractivity (Wildman–Crippen MR) is 81.4 cm³/mol. The summed E-state index contributed by atoms with van der Waals surface area (Å²) in [7, 11) is -2.00. The molecule has 1 aromatic carbocycles. The van der Waals surface area contributed by atoms with Crippen LogP contribution in [0.1, 0.15) is 23.6 Å². The summed E-state index contributed by atoms with van der Waals surface area (Å²) in [6, 6.07) is 1.81. The van der Waals surface area contributed by atoms with Gasteiger partial charge < -0.3 is 10.5 Å². The number of rotatable bonds is 6. The maximum atomic E-state index is 12.8. The Balaban J connectivity index is 3.41. The van der Waals surface area contributed by atoms with Crippen molar-refractivity contribution in [2.24, 2.45) is 0 Å². The van der Waals surface area contributed by atoms with Crippen LogP contribution in [-0.2, 0) is 14.8 Å². The lowest BCUT2D eigenvalue weighted by molar-refractivity contribution is 0.180. The molecule has 0 fully saturated rings. The monoisotopic (exact) mass is 300 g/mol. The Labute approximate surface area is 121 Å². The van der Waals surface area contributed by atoms with Crippen molar-refractivity contribution in [2.75, 3.05) is 32.5 Å². The summed E-state index contributed by atoms with van der Waals surface area (Å²) >= 11 is 0. The minimum Gasteiger partial charge on any atom is -0.398 e. The van der Waals surface area contributed by atoms with Gasteiger partial charge in [-0.25, -0.2) is 8.42 Å². The molecule has 0 unspecified atom stereocenters. The van der Waals surface area contributed by atoms with Crippen LogP contribution in [0.5, 0.6) is 0 Å². The van der Waals surface area contributed by atoms with Gasteiger partial charge in [0.25, 0.3) is 0 Å². The second-order valence-corrected chi connectivity index (χ2v) is 6.73. The summed E-state index contributed by atoms with van der Waals surface area (Å²) in [4.78, 5) is 0.327. The molecule has 0 aromatic heterocycles. The summed E-state index contributed by atoms with van der Waals surface area (Å²) in [5.41, 5.74) is 8.69. The number of anilines is 1. The van der Waals surface area contributed by atoms with E-state index in [1.165, 1.54) is 4.31 Å². The highest BCUT2D eigenvalue weighted by atomic mass is 32.2. The molecule has 0 aliphatic heterocycles. The van der Waals surface area contributed by atoms with E-state index in [1.807, 2.05) is 26.8 Å². The quantitative estimate of drug-likeness (QED) is 0.814. The molecule has 0 amide bonds. The van der Waals surface area contributed by atoms with Crippen molar-refractivity contribution in [3.05, 3.63) is 22.8 Å². The first-order valence-electron chi connectivity index (χ1n) is 6.62. The number of likely N-dealkylation sites (N-methyl/N-ethyl adjacent to an activating group) is 1. The Kier molecular flexibility index (Phi) is 5.56. The third-order valence-corrected chi connectivity index (χ3v) is 5.82. The molecule has 0 saturated heterocycles. The highest BCUT2D eigenvalue weighted by Gasteiger charge is 2.28. The molecule has 0 spiro atoms. The highest BCUT2D eigenvalue weighted by molar-refractivity contribution is 7.89. The van der Waals surface area contributed by atoms with Crippen LogP contribution in [0, 0.1) is 20.8 Å². The van der Waals surface area contributed by atoms with E-state index in [-0.39, 0.29) is 0 Å². The average Bonchev–Trinajstić information content (AvgIpc) is 2.37. The third kappa shape index (κ3) is 3.13. The SMILES string of the molecule is CCN(CCOC)S(=O)(=O)c1c(C)c(C)cc(N)c1C. The van der Waals surface area contributed by atoms with E-state index < -0.39 is 10.0 Å². The molecule has 0 saturated carbocycles. The van der Waals surface area contributed by atoms with E-state index in [2.05, 4.69) is 0 Å². The van der Waals surface area contributed by atoms with Gasteiger partial charge in [0.2, 0.25) is 10.0 Å². The maximum absolute atomic E-state index is 12.8. The van der Waals surface area contributed by atoms with Gasteiger partial charge in [-0.1, -0.05) is 6.92 Å². The minimum atomic E-state index is -3.56. The molecule has 0 radical (unpaired) electrons. The zero-order valence-corrected chi connectivity index (χ0v) is 13.7.